The Hall–Kier alpha value is -1.40. The lowest BCUT2D eigenvalue weighted by Crippen LogP contribution is -2.58. The molecule has 6 heteroatoms. The number of esters is 2. The Bertz CT molecular complexity index is 1140. The predicted octanol–water partition coefficient (Wildman–Crippen LogP) is 4.04. The van der Waals surface area contributed by atoms with E-state index in [2.05, 4.69) is 27.7 Å². The Morgan fingerprint density at radius 3 is 2.31 bits per heavy atom. The minimum absolute atomic E-state index is 0.0238. The molecule has 5 aliphatic carbocycles. The van der Waals surface area contributed by atoms with Crippen LogP contribution >= 0.6 is 0 Å². The van der Waals surface area contributed by atoms with Crippen LogP contribution in [0.2, 0.25) is 0 Å². The summed E-state index contributed by atoms with van der Waals surface area (Å²) >= 11 is 0. The van der Waals surface area contributed by atoms with Gasteiger partial charge in [0.25, 0.3) is 0 Å². The van der Waals surface area contributed by atoms with Crippen LogP contribution in [0.25, 0.3) is 0 Å². The number of carbonyl (C=O) groups is 2. The molecule has 0 aromatic carbocycles. The van der Waals surface area contributed by atoms with Crippen LogP contribution in [0.5, 0.6) is 0 Å². The Morgan fingerprint density at radius 1 is 0.889 bits per heavy atom. The first-order valence-corrected chi connectivity index (χ1v) is 14.4. The third kappa shape index (κ3) is 2.10. The van der Waals surface area contributed by atoms with Crippen LogP contribution in [0.4, 0.5) is 0 Å². The number of aliphatic hydroxyl groups is 1. The fraction of sp³-hybridized carbons (Fsp3) is 0.867. The fourth-order valence-electron chi connectivity index (χ4n) is 12.4. The van der Waals surface area contributed by atoms with Gasteiger partial charge in [-0.25, -0.2) is 0 Å². The molecule has 196 valence electrons. The maximum Gasteiger partial charge on any atom is 0.309 e. The molecular weight excluding hydrogens is 456 g/mol. The van der Waals surface area contributed by atoms with Gasteiger partial charge in [0.1, 0.15) is 12.2 Å². The van der Waals surface area contributed by atoms with Gasteiger partial charge in [-0.05, 0) is 83.1 Å². The average Bonchev–Trinajstić information content (AvgIpc) is 3.51. The second-order valence-corrected chi connectivity index (χ2v) is 14.6. The van der Waals surface area contributed by atoms with Gasteiger partial charge in [-0.15, -0.1) is 0 Å². The van der Waals surface area contributed by atoms with Crippen molar-refractivity contribution in [2.45, 2.75) is 103 Å². The summed E-state index contributed by atoms with van der Waals surface area (Å²) in [6.07, 6.45) is 3.99. The summed E-state index contributed by atoms with van der Waals surface area (Å²) in [5, 5.41) is 12.1. The normalized spacial score (nSPS) is 63.9. The summed E-state index contributed by atoms with van der Waals surface area (Å²) in [6, 6.07) is 0. The summed E-state index contributed by atoms with van der Waals surface area (Å²) in [5.74, 6) is 1.10. The largest absolute Gasteiger partial charge is 0.461 e. The number of rotatable bonds is 0. The smallest absolute Gasteiger partial charge is 0.309 e. The van der Waals surface area contributed by atoms with E-state index >= 15 is 0 Å². The Kier molecular flexibility index (Phi) is 3.92. The Balaban J connectivity index is 1.37. The maximum absolute atomic E-state index is 13.0. The predicted molar refractivity (Wildman–Crippen MR) is 129 cm³/mol. The van der Waals surface area contributed by atoms with E-state index in [0.29, 0.717) is 18.3 Å². The van der Waals surface area contributed by atoms with Crippen LogP contribution in [0, 0.1) is 58.7 Å². The number of ether oxygens (including phenoxy) is 3. The molecule has 1 N–H and O–H groups in total. The quantitative estimate of drug-likeness (QED) is 0.403. The van der Waals surface area contributed by atoms with Crippen molar-refractivity contribution >= 4 is 11.9 Å². The third-order valence-electron chi connectivity index (χ3n) is 13.3. The highest BCUT2D eigenvalue weighted by atomic mass is 16.6. The van der Waals surface area contributed by atoms with Crippen LogP contribution in [-0.2, 0) is 23.8 Å². The molecule has 36 heavy (non-hydrogen) atoms. The molecule has 5 bridgehead atoms. The molecular formula is C30H40O6. The van der Waals surface area contributed by atoms with Crippen LogP contribution in [-0.4, -0.2) is 46.1 Å². The molecule has 15 atom stereocenters. The Morgan fingerprint density at radius 2 is 1.56 bits per heavy atom. The lowest BCUT2D eigenvalue weighted by Gasteiger charge is -2.53. The van der Waals surface area contributed by atoms with Crippen molar-refractivity contribution in [1.29, 1.82) is 0 Å². The zero-order valence-corrected chi connectivity index (χ0v) is 22.4. The standard InChI is InChI=1S/C30H40O6/c1-12-15-7-9-27(4,33)21-18(22(15)34-25(12)31)14(3)20-19(21)17-11-29(6)30(20)23(17)28(5,36-29)10-8-16-13(2)26(32)35-24(16)30/h12-13,15-17,19-24,33H,7-11H2,1-6H3/t12-,13-,15-,16-,17+,19-,20-,21-,22-,23-,24-,27-,28-,29?,30-/m0/s1. The minimum Gasteiger partial charge on any atom is -0.461 e. The molecule has 8 rings (SSSR count). The van der Waals surface area contributed by atoms with Crippen LogP contribution in [0.15, 0.2) is 11.1 Å². The maximum atomic E-state index is 13.0. The summed E-state index contributed by atoms with van der Waals surface area (Å²) in [4.78, 5) is 25.8. The highest BCUT2D eigenvalue weighted by Crippen LogP contribution is 2.85. The van der Waals surface area contributed by atoms with Gasteiger partial charge in [0.15, 0.2) is 0 Å². The van der Waals surface area contributed by atoms with E-state index in [4.69, 9.17) is 14.2 Å². The van der Waals surface area contributed by atoms with E-state index in [0.717, 1.165) is 25.7 Å². The van der Waals surface area contributed by atoms with Gasteiger partial charge in [-0.1, -0.05) is 19.4 Å². The van der Waals surface area contributed by atoms with Gasteiger partial charge in [0.2, 0.25) is 0 Å². The summed E-state index contributed by atoms with van der Waals surface area (Å²) < 4.78 is 19.6. The van der Waals surface area contributed by atoms with Crippen molar-refractivity contribution in [2.24, 2.45) is 58.7 Å². The van der Waals surface area contributed by atoms with E-state index in [1.54, 1.807) is 0 Å². The third-order valence-corrected chi connectivity index (χ3v) is 13.3. The van der Waals surface area contributed by atoms with Crippen LogP contribution < -0.4 is 0 Å². The highest BCUT2D eigenvalue weighted by Gasteiger charge is 2.89. The first-order chi connectivity index (χ1) is 16.9. The molecule has 4 saturated carbocycles. The van der Waals surface area contributed by atoms with Crippen molar-refractivity contribution < 1.29 is 28.9 Å². The SMILES string of the molecule is CC1=C2[C@H]3OC(=O)[C@@H](C)[C@@H]3CC[C@](C)(O)[C@@H]2[C@H]2[C@H]3CC4(C)O[C@@]5(C)CC[C@H]6[C@H](C)C(=O)O[C@@H]6[C@@]4([C@@H]35)[C@@H]12. The first kappa shape index (κ1) is 22.6. The molecule has 1 unspecified atom stereocenters. The van der Waals surface area contributed by atoms with Gasteiger partial charge in [0, 0.05) is 29.1 Å². The summed E-state index contributed by atoms with van der Waals surface area (Å²) in [6.45, 7) is 12.9. The Labute approximate surface area is 213 Å². The monoisotopic (exact) mass is 496 g/mol. The van der Waals surface area contributed by atoms with Crippen LogP contribution in [0.1, 0.15) is 73.6 Å². The number of allylic oxidation sites excluding steroid dienone is 1. The summed E-state index contributed by atoms with van der Waals surface area (Å²) in [5.41, 5.74) is 0.769. The number of hydrogen-bond donors (Lipinski definition) is 1. The van der Waals surface area contributed by atoms with E-state index in [1.165, 1.54) is 11.1 Å². The topological polar surface area (TPSA) is 82.1 Å². The second kappa shape index (κ2) is 6.25. The lowest BCUT2D eigenvalue weighted by molar-refractivity contribution is -0.207. The number of carbonyl (C=O) groups excluding carboxylic acids is 2. The first-order valence-electron chi connectivity index (χ1n) is 14.4. The average molecular weight is 497 g/mol. The molecule has 3 heterocycles. The zero-order valence-electron chi connectivity index (χ0n) is 22.4. The van der Waals surface area contributed by atoms with E-state index < -0.39 is 5.60 Å². The van der Waals surface area contributed by atoms with Gasteiger partial charge in [-0.2, -0.15) is 0 Å². The second-order valence-electron chi connectivity index (χ2n) is 14.6. The molecule has 3 aliphatic heterocycles. The van der Waals surface area contributed by atoms with Crippen molar-refractivity contribution in [3.05, 3.63) is 11.1 Å². The van der Waals surface area contributed by atoms with Crippen molar-refractivity contribution in [2.75, 3.05) is 0 Å². The molecule has 8 aliphatic rings. The van der Waals surface area contributed by atoms with Gasteiger partial charge >= 0.3 is 11.9 Å². The van der Waals surface area contributed by atoms with Gasteiger partial charge in [-0.3, -0.25) is 9.59 Å². The van der Waals surface area contributed by atoms with Gasteiger partial charge in [0.05, 0.1) is 28.6 Å². The van der Waals surface area contributed by atoms with Crippen molar-refractivity contribution in [3.8, 4) is 0 Å². The number of hydrogen-bond acceptors (Lipinski definition) is 6. The molecule has 3 saturated heterocycles. The van der Waals surface area contributed by atoms with E-state index in [1.807, 2.05) is 13.8 Å². The number of fused-ring (bicyclic) bond motifs is 7. The zero-order chi connectivity index (χ0) is 25.3. The molecule has 7 fully saturated rings. The molecule has 6 nitrogen and oxygen atoms in total. The molecule has 0 amide bonds. The van der Waals surface area contributed by atoms with Crippen LogP contribution in [0.3, 0.4) is 0 Å². The lowest BCUT2D eigenvalue weighted by atomic mass is 9.55. The minimum atomic E-state index is -0.848. The van der Waals surface area contributed by atoms with E-state index in [9.17, 15) is 14.7 Å². The van der Waals surface area contributed by atoms with Crippen molar-refractivity contribution in [3.63, 3.8) is 0 Å². The molecule has 0 spiro atoms. The molecule has 0 radical (unpaired) electrons. The molecule has 0 aromatic rings. The fourth-order valence-corrected chi connectivity index (χ4v) is 12.4. The van der Waals surface area contributed by atoms with Crippen molar-refractivity contribution in [1.82, 2.24) is 0 Å². The molecule has 0 aromatic heterocycles. The summed E-state index contributed by atoms with van der Waals surface area (Å²) in [7, 11) is 0. The van der Waals surface area contributed by atoms with Gasteiger partial charge < -0.3 is 19.3 Å². The highest BCUT2D eigenvalue weighted by molar-refractivity contribution is 5.76. The van der Waals surface area contributed by atoms with E-state index in [-0.39, 0.29) is 82.2 Å².